The molecule has 2 unspecified atom stereocenters. The molecule has 0 aliphatic carbocycles. The number of benzene rings is 1. The fraction of sp³-hybridized carbons (Fsp3) is 0.500. The van der Waals surface area contributed by atoms with Gasteiger partial charge in [-0.3, -0.25) is 4.79 Å². The van der Waals surface area contributed by atoms with Crippen LogP contribution in [-0.4, -0.2) is 29.8 Å². The van der Waals surface area contributed by atoms with Crippen LogP contribution in [0.3, 0.4) is 0 Å². The maximum absolute atomic E-state index is 12.0. The summed E-state index contributed by atoms with van der Waals surface area (Å²) in [4.78, 5) is 12.0. The van der Waals surface area contributed by atoms with Crippen LogP contribution >= 0.6 is 0 Å². The van der Waals surface area contributed by atoms with Gasteiger partial charge in [-0.15, -0.1) is 0 Å². The molecule has 1 aromatic rings. The lowest BCUT2D eigenvalue weighted by atomic mass is 10.1. The monoisotopic (exact) mass is 264 g/mol. The number of carbonyl (C=O) groups excluding carboxylic acids is 1. The van der Waals surface area contributed by atoms with Gasteiger partial charge in [0.15, 0.2) is 0 Å². The summed E-state index contributed by atoms with van der Waals surface area (Å²) in [6.07, 6.45) is 1.81. The van der Waals surface area contributed by atoms with Gasteiger partial charge in [0.05, 0.1) is 11.8 Å². The number of phenolic OH excluding ortho intramolecular Hbond substituents is 1. The summed E-state index contributed by atoms with van der Waals surface area (Å²) in [5, 5.41) is 12.5. The maximum atomic E-state index is 12.0. The number of aryl methyl sites for hydroxylation is 1. The van der Waals surface area contributed by atoms with E-state index in [4.69, 9.17) is 10.5 Å². The lowest BCUT2D eigenvalue weighted by Gasteiger charge is -2.14. The molecular formula is C14H20N2O3. The van der Waals surface area contributed by atoms with Crippen LogP contribution in [0.25, 0.3) is 0 Å². The number of hydrogen-bond acceptors (Lipinski definition) is 4. The summed E-state index contributed by atoms with van der Waals surface area (Å²) in [6, 6.07) is 5.21. The summed E-state index contributed by atoms with van der Waals surface area (Å²) < 4.78 is 5.52. The average Bonchev–Trinajstić information content (AvgIpc) is 2.90. The third-order valence-electron chi connectivity index (χ3n) is 3.39. The highest BCUT2D eigenvalue weighted by atomic mass is 16.5. The number of carbonyl (C=O) groups is 1. The van der Waals surface area contributed by atoms with E-state index >= 15 is 0 Å². The lowest BCUT2D eigenvalue weighted by Crippen LogP contribution is -2.29. The molecule has 0 aromatic heterocycles. The Balaban J connectivity index is 2.03. The van der Waals surface area contributed by atoms with E-state index in [0.717, 1.165) is 18.4 Å². The fourth-order valence-corrected chi connectivity index (χ4v) is 2.19. The Morgan fingerprint density at radius 2 is 2.32 bits per heavy atom. The van der Waals surface area contributed by atoms with Crippen molar-refractivity contribution in [3.8, 4) is 5.75 Å². The molecule has 0 bridgehead atoms. The second kappa shape index (κ2) is 6.04. The minimum Gasteiger partial charge on any atom is -0.506 e. The summed E-state index contributed by atoms with van der Waals surface area (Å²) >= 11 is 0. The minimum atomic E-state index is -0.474. The molecule has 104 valence electrons. The van der Waals surface area contributed by atoms with Crippen LogP contribution in [0.5, 0.6) is 5.75 Å². The van der Waals surface area contributed by atoms with Crippen LogP contribution in [0.4, 0.5) is 5.69 Å². The predicted molar refractivity (Wildman–Crippen MR) is 73.1 cm³/mol. The highest BCUT2D eigenvalue weighted by Gasteiger charge is 2.30. The van der Waals surface area contributed by atoms with Gasteiger partial charge in [-0.25, -0.2) is 0 Å². The van der Waals surface area contributed by atoms with Gasteiger partial charge in [-0.05, 0) is 37.0 Å². The summed E-state index contributed by atoms with van der Waals surface area (Å²) in [6.45, 7) is 2.45. The third kappa shape index (κ3) is 3.24. The van der Waals surface area contributed by atoms with Gasteiger partial charge in [0.25, 0.3) is 5.91 Å². The van der Waals surface area contributed by atoms with E-state index in [9.17, 15) is 9.90 Å². The number of amides is 1. The molecule has 2 rings (SSSR count). The van der Waals surface area contributed by atoms with Crippen molar-refractivity contribution >= 4 is 11.6 Å². The van der Waals surface area contributed by atoms with Crippen LogP contribution in [0, 0.1) is 0 Å². The number of rotatable bonds is 4. The molecule has 0 saturated carbocycles. The molecule has 1 aliphatic rings. The second-order valence-electron chi connectivity index (χ2n) is 4.75. The standard InChI is InChI=1S/C14H20N2O3/c1-2-9-3-5-12(17)11(7-9)16-14(18)13-6-4-10(8-15)19-13/h3,5,7,10,13,17H,2,4,6,8,15H2,1H3,(H,16,18). The van der Waals surface area contributed by atoms with Gasteiger partial charge in [-0.2, -0.15) is 0 Å². The Hall–Kier alpha value is -1.59. The Bertz CT molecular complexity index is 462. The van der Waals surface area contributed by atoms with E-state index in [1.165, 1.54) is 0 Å². The predicted octanol–water partition coefficient (Wildman–Crippen LogP) is 1.40. The molecule has 19 heavy (non-hydrogen) atoms. The van der Waals surface area contributed by atoms with Crippen LogP contribution in [0.15, 0.2) is 18.2 Å². The number of hydrogen-bond donors (Lipinski definition) is 3. The summed E-state index contributed by atoms with van der Waals surface area (Å²) in [7, 11) is 0. The van der Waals surface area contributed by atoms with Crippen molar-refractivity contribution < 1.29 is 14.6 Å². The van der Waals surface area contributed by atoms with E-state index in [0.29, 0.717) is 18.7 Å². The van der Waals surface area contributed by atoms with Crippen molar-refractivity contribution in [1.29, 1.82) is 0 Å². The molecule has 1 amide bonds. The molecule has 1 saturated heterocycles. The van der Waals surface area contributed by atoms with E-state index in [1.54, 1.807) is 12.1 Å². The molecule has 5 nitrogen and oxygen atoms in total. The summed E-state index contributed by atoms with van der Waals surface area (Å²) in [5.41, 5.74) is 7.00. The minimum absolute atomic E-state index is 0.0358. The smallest absolute Gasteiger partial charge is 0.253 e. The summed E-state index contributed by atoms with van der Waals surface area (Å²) in [5.74, 6) is -0.154. The molecule has 1 fully saturated rings. The third-order valence-corrected chi connectivity index (χ3v) is 3.39. The van der Waals surface area contributed by atoms with Gasteiger partial charge in [0, 0.05) is 6.54 Å². The molecular weight excluding hydrogens is 244 g/mol. The lowest BCUT2D eigenvalue weighted by molar-refractivity contribution is -0.126. The Kier molecular flexibility index (Phi) is 4.39. The van der Waals surface area contributed by atoms with E-state index < -0.39 is 6.10 Å². The van der Waals surface area contributed by atoms with Gasteiger partial charge < -0.3 is 20.9 Å². The first-order valence-corrected chi connectivity index (χ1v) is 6.62. The zero-order chi connectivity index (χ0) is 13.8. The van der Waals surface area contributed by atoms with Crippen LogP contribution in [0.1, 0.15) is 25.3 Å². The molecule has 1 heterocycles. The Labute approximate surface area is 112 Å². The van der Waals surface area contributed by atoms with Crippen LogP contribution < -0.4 is 11.1 Å². The molecule has 2 atom stereocenters. The van der Waals surface area contributed by atoms with Crippen molar-refractivity contribution in [3.63, 3.8) is 0 Å². The zero-order valence-corrected chi connectivity index (χ0v) is 11.1. The zero-order valence-electron chi connectivity index (χ0n) is 11.1. The number of ether oxygens (including phenoxy) is 1. The number of nitrogens with one attached hydrogen (secondary N) is 1. The second-order valence-corrected chi connectivity index (χ2v) is 4.75. The van der Waals surface area contributed by atoms with Crippen molar-refractivity contribution in [1.82, 2.24) is 0 Å². The van der Waals surface area contributed by atoms with Crippen molar-refractivity contribution in [2.24, 2.45) is 5.73 Å². The van der Waals surface area contributed by atoms with E-state index in [2.05, 4.69) is 5.32 Å². The molecule has 0 spiro atoms. The van der Waals surface area contributed by atoms with E-state index in [1.807, 2.05) is 13.0 Å². The van der Waals surface area contributed by atoms with Crippen LogP contribution in [0.2, 0.25) is 0 Å². The molecule has 4 N–H and O–H groups in total. The highest BCUT2D eigenvalue weighted by molar-refractivity contribution is 5.95. The average molecular weight is 264 g/mol. The van der Waals surface area contributed by atoms with Crippen LogP contribution in [-0.2, 0) is 16.0 Å². The van der Waals surface area contributed by atoms with Gasteiger partial charge in [0.2, 0.25) is 0 Å². The first-order valence-electron chi connectivity index (χ1n) is 6.62. The fourth-order valence-electron chi connectivity index (χ4n) is 2.19. The number of nitrogens with two attached hydrogens (primary N) is 1. The Morgan fingerprint density at radius 3 is 2.95 bits per heavy atom. The van der Waals surface area contributed by atoms with Crippen molar-refractivity contribution in [3.05, 3.63) is 23.8 Å². The molecule has 0 radical (unpaired) electrons. The Morgan fingerprint density at radius 1 is 1.53 bits per heavy atom. The largest absolute Gasteiger partial charge is 0.506 e. The maximum Gasteiger partial charge on any atom is 0.253 e. The SMILES string of the molecule is CCc1ccc(O)c(NC(=O)C2CCC(CN)O2)c1. The van der Waals surface area contributed by atoms with E-state index in [-0.39, 0.29) is 17.8 Å². The molecule has 5 heteroatoms. The first-order chi connectivity index (χ1) is 9.13. The molecule has 1 aliphatic heterocycles. The first kappa shape index (κ1) is 13.8. The highest BCUT2D eigenvalue weighted by Crippen LogP contribution is 2.26. The quantitative estimate of drug-likeness (QED) is 0.718. The number of anilines is 1. The van der Waals surface area contributed by atoms with Crippen molar-refractivity contribution in [2.45, 2.75) is 38.4 Å². The molecule has 1 aromatic carbocycles. The van der Waals surface area contributed by atoms with Gasteiger partial charge in [-0.1, -0.05) is 13.0 Å². The topological polar surface area (TPSA) is 84.6 Å². The number of phenols is 1. The van der Waals surface area contributed by atoms with Crippen molar-refractivity contribution in [2.75, 3.05) is 11.9 Å². The normalized spacial score (nSPS) is 22.4. The van der Waals surface area contributed by atoms with Gasteiger partial charge >= 0.3 is 0 Å². The number of aromatic hydroxyl groups is 1. The van der Waals surface area contributed by atoms with Gasteiger partial charge in [0.1, 0.15) is 11.9 Å².